The quantitative estimate of drug-likeness (QED) is 0.808. The number of halogens is 1. The molecule has 1 atom stereocenters. The van der Waals surface area contributed by atoms with Gasteiger partial charge >= 0.3 is 0 Å². The van der Waals surface area contributed by atoms with E-state index in [2.05, 4.69) is 15.9 Å². The van der Waals surface area contributed by atoms with Crippen molar-refractivity contribution in [1.82, 2.24) is 4.31 Å². The van der Waals surface area contributed by atoms with Crippen molar-refractivity contribution in [2.24, 2.45) is 0 Å². The Morgan fingerprint density at radius 2 is 1.81 bits per heavy atom. The molecule has 1 heterocycles. The number of nitrogens with zero attached hydrogens (tertiary/aromatic N) is 1. The maximum absolute atomic E-state index is 12.9. The first kappa shape index (κ1) is 16.6. The number of methoxy groups -OCH3 is 2. The van der Waals surface area contributed by atoms with Crippen molar-refractivity contribution in [2.75, 3.05) is 20.8 Å². The van der Waals surface area contributed by atoms with E-state index < -0.39 is 10.0 Å². The van der Waals surface area contributed by atoms with E-state index in [1.165, 1.54) is 20.3 Å². The number of sulfonamides is 1. The second kappa shape index (κ2) is 6.54. The summed E-state index contributed by atoms with van der Waals surface area (Å²) in [4.78, 5) is 0.217. The van der Waals surface area contributed by atoms with Gasteiger partial charge in [0.2, 0.25) is 10.0 Å². The van der Waals surface area contributed by atoms with Crippen LogP contribution in [0.5, 0.6) is 11.5 Å². The van der Waals surface area contributed by atoms with Crippen LogP contribution in [0.1, 0.15) is 26.2 Å². The Bertz CT molecular complexity index is 618. The van der Waals surface area contributed by atoms with Crippen LogP contribution < -0.4 is 9.47 Å². The first-order chi connectivity index (χ1) is 9.91. The lowest BCUT2D eigenvalue weighted by Gasteiger charge is -2.32. The molecule has 1 aliphatic rings. The van der Waals surface area contributed by atoms with Crippen LogP contribution >= 0.6 is 15.9 Å². The Labute approximate surface area is 134 Å². The Morgan fingerprint density at radius 1 is 1.19 bits per heavy atom. The van der Waals surface area contributed by atoms with Gasteiger partial charge < -0.3 is 9.47 Å². The van der Waals surface area contributed by atoms with E-state index in [0.29, 0.717) is 22.5 Å². The van der Waals surface area contributed by atoms with Gasteiger partial charge in [-0.25, -0.2) is 8.42 Å². The van der Waals surface area contributed by atoms with Gasteiger partial charge in [0.05, 0.1) is 14.2 Å². The predicted octanol–water partition coefficient (Wildman–Crippen LogP) is 3.03. The molecular formula is C14H20BrNO4S. The van der Waals surface area contributed by atoms with Crippen molar-refractivity contribution in [1.29, 1.82) is 0 Å². The summed E-state index contributed by atoms with van der Waals surface area (Å²) in [6.07, 6.45) is 2.86. The lowest BCUT2D eigenvalue weighted by Crippen LogP contribution is -2.42. The third-order valence-electron chi connectivity index (χ3n) is 3.77. The molecule has 21 heavy (non-hydrogen) atoms. The third kappa shape index (κ3) is 3.19. The summed E-state index contributed by atoms with van der Waals surface area (Å²) in [6.45, 7) is 2.51. The summed E-state index contributed by atoms with van der Waals surface area (Å²) in [5.41, 5.74) is 0. The average molecular weight is 378 g/mol. The van der Waals surface area contributed by atoms with Crippen LogP contribution in [-0.4, -0.2) is 39.5 Å². The van der Waals surface area contributed by atoms with E-state index in [4.69, 9.17) is 9.47 Å². The van der Waals surface area contributed by atoms with Crippen LogP contribution in [0.3, 0.4) is 0 Å². The molecule has 2 rings (SSSR count). The number of hydrogen-bond donors (Lipinski definition) is 0. The van der Waals surface area contributed by atoms with E-state index >= 15 is 0 Å². The minimum Gasteiger partial charge on any atom is -0.493 e. The fraction of sp³-hybridized carbons (Fsp3) is 0.571. The van der Waals surface area contributed by atoms with Crippen LogP contribution in [0.4, 0.5) is 0 Å². The SMILES string of the molecule is COc1cc(Br)c(S(=O)(=O)N2CCCC[C@@H]2C)cc1OC. The van der Waals surface area contributed by atoms with E-state index in [-0.39, 0.29) is 10.9 Å². The first-order valence-corrected chi connectivity index (χ1v) is 9.08. The van der Waals surface area contributed by atoms with Crippen molar-refractivity contribution in [2.45, 2.75) is 37.1 Å². The fourth-order valence-electron chi connectivity index (χ4n) is 2.59. The highest BCUT2D eigenvalue weighted by Gasteiger charge is 2.33. The van der Waals surface area contributed by atoms with Crippen molar-refractivity contribution in [3.8, 4) is 11.5 Å². The highest BCUT2D eigenvalue weighted by Crippen LogP contribution is 2.37. The lowest BCUT2D eigenvalue weighted by molar-refractivity contribution is 0.268. The molecule has 1 aromatic rings. The first-order valence-electron chi connectivity index (χ1n) is 6.85. The summed E-state index contributed by atoms with van der Waals surface area (Å²) in [5.74, 6) is 0.902. The maximum atomic E-state index is 12.9. The number of piperidine rings is 1. The summed E-state index contributed by atoms with van der Waals surface area (Å²) in [6, 6.07) is 3.16. The van der Waals surface area contributed by atoms with Crippen LogP contribution in [0.15, 0.2) is 21.5 Å². The van der Waals surface area contributed by atoms with E-state index in [0.717, 1.165) is 19.3 Å². The molecule has 5 nitrogen and oxygen atoms in total. The van der Waals surface area contributed by atoms with Gasteiger partial charge in [-0.3, -0.25) is 0 Å². The minimum atomic E-state index is -3.55. The standard InChI is InChI=1S/C14H20BrNO4S/c1-10-6-4-5-7-16(10)21(17,18)14-9-13(20-3)12(19-2)8-11(14)15/h8-10H,4-7H2,1-3H3/t10-/m0/s1. The van der Waals surface area contributed by atoms with Crippen LogP contribution in [0, 0.1) is 0 Å². The van der Waals surface area contributed by atoms with Crippen LogP contribution in [0.25, 0.3) is 0 Å². The Kier molecular flexibility index (Phi) is 5.16. The van der Waals surface area contributed by atoms with E-state index in [1.54, 1.807) is 10.4 Å². The van der Waals surface area contributed by atoms with Gasteiger partial charge in [-0.05, 0) is 41.8 Å². The highest BCUT2D eigenvalue weighted by molar-refractivity contribution is 9.10. The zero-order chi connectivity index (χ0) is 15.6. The molecule has 118 valence electrons. The monoisotopic (exact) mass is 377 g/mol. The molecule has 0 aromatic heterocycles. The molecule has 1 aromatic carbocycles. The van der Waals surface area contributed by atoms with Crippen molar-refractivity contribution < 1.29 is 17.9 Å². The van der Waals surface area contributed by atoms with Gasteiger partial charge in [-0.1, -0.05) is 6.42 Å². The molecule has 0 saturated carbocycles. The summed E-state index contributed by atoms with van der Waals surface area (Å²) < 4.78 is 38.2. The fourth-order valence-corrected chi connectivity index (χ4v) is 5.29. The normalized spacial score (nSPS) is 20.3. The van der Waals surface area contributed by atoms with Crippen LogP contribution in [0.2, 0.25) is 0 Å². The van der Waals surface area contributed by atoms with Gasteiger partial charge in [-0.2, -0.15) is 4.31 Å². The van der Waals surface area contributed by atoms with Gasteiger partial charge in [0.15, 0.2) is 11.5 Å². The van der Waals surface area contributed by atoms with E-state index in [9.17, 15) is 8.42 Å². The molecular weight excluding hydrogens is 358 g/mol. The minimum absolute atomic E-state index is 0.0174. The summed E-state index contributed by atoms with van der Waals surface area (Å²) in [7, 11) is -0.538. The number of ether oxygens (including phenoxy) is 2. The zero-order valence-electron chi connectivity index (χ0n) is 12.4. The number of hydrogen-bond acceptors (Lipinski definition) is 4. The van der Waals surface area contributed by atoms with Crippen molar-refractivity contribution in [3.05, 3.63) is 16.6 Å². The second-order valence-corrected chi connectivity index (χ2v) is 7.81. The molecule has 1 saturated heterocycles. The molecule has 1 aliphatic heterocycles. The number of rotatable bonds is 4. The van der Waals surface area contributed by atoms with Crippen molar-refractivity contribution >= 4 is 26.0 Å². The number of benzene rings is 1. The van der Waals surface area contributed by atoms with Crippen LogP contribution in [-0.2, 0) is 10.0 Å². The Morgan fingerprint density at radius 3 is 2.38 bits per heavy atom. The molecule has 7 heteroatoms. The Hall–Kier alpha value is -0.790. The maximum Gasteiger partial charge on any atom is 0.244 e. The molecule has 0 unspecified atom stereocenters. The average Bonchev–Trinajstić information content (AvgIpc) is 2.46. The lowest BCUT2D eigenvalue weighted by atomic mass is 10.1. The van der Waals surface area contributed by atoms with Gasteiger partial charge in [0, 0.05) is 23.1 Å². The molecule has 0 N–H and O–H groups in total. The van der Waals surface area contributed by atoms with Gasteiger partial charge in [0.1, 0.15) is 4.90 Å². The predicted molar refractivity (Wildman–Crippen MR) is 84.5 cm³/mol. The largest absolute Gasteiger partial charge is 0.493 e. The van der Waals surface area contributed by atoms with Crippen molar-refractivity contribution in [3.63, 3.8) is 0 Å². The molecule has 0 radical (unpaired) electrons. The van der Waals surface area contributed by atoms with Gasteiger partial charge in [0.25, 0.3) is 0 Å². The summed E-state index contributed by atoms with van der Waals surface area (Å²) in [5, 5.41) is 0. The topological polar surface area (TPSA) is 55.8 Å². The molecule has 0 amide bonds. The molecule has 1 fully saturated rings. The molecule has 0 spiro atoms. The smallest absolute Gasteiger partial charge is 0.244 e. The van der Waals surface area contributed by atoms with Gasteiger partial charge in [-0.15, -0.1) is 0 Å². The molecule has 0 bridgehead atoms. The van der Waals surface area contributed by atoms with E-state index in [1.807, 2.05) is 6.92 Å². The summed E-state index contributed by atoms with van der Waals surface area (Å²) >= 11 is 3.33. The molecule has 0 aliphatic carbocycles. The zero-order valence-corrected chi connectivity index (χ0v) is 14.8. The highest BCUT2D eigenvalue weighted by atomic mass is 79.9. The third-order valence-corrected chi connectivity index (χ3v) is 6.74. The Balaban J connectivity index is 2.49. The second-order valence-electron chi connectivity index (χ2n) is 5.10.